The van der Waals surface area contributed by atoms with Crippen LogP contribution in [0.5, 0.6) is 0 Å². The molecular formula is C12H20N2O2. The number of hydrogen-bond donors (Lipinski definition) is 3. The summed E-state index contributed by atoms with van der Waals surface area (Å²) in [6.45, 7) is 3.72. The number of nitrogens with two attached hydrogens (primary N) is 1. The molecule has 16 heavy (non-hydrogen) atoms. The molecule has 1 unspecified atom stereocenters. The van der Waals surface area contributed by atoms with Crippen LogP contribution in [0.4, 0.5) is 5.82 Å². The average molecular weight is 224 g/mol. The lowest BCUT2D eigenvalue weighted by Crippen LogP contribution is -2.42. The van der Waals surface area contributed by atoms with Gasteiger partial charge in [0, 0.05) is 12.6 Å². The van der Waals surface area contributed by atoms with Gasteiger partial charge in [-0.1, -0.05) is 19.9 Å². The Morgan fingerprint density at radius 3 is 2.56 bits per heavy atom. The predicted molar refractivity (Wildman–Crippen MR) is 63.9 cm³/mol. The summed E-state index contributed by atoms with van der Waals surface area (Å²) < 4.78 is 0. The van der Waals surface area contributed by atoms with Crippen molar-refractivity contribution in [2.24, 2.45) is 0 Å². The molecule has 0 spiro atoms. The van der Waals surface area contributed by atoms with Gasteiger partial charge in [0.2, 0.25) is 0 Å². The Labute approximate surface area is 96.1 Å². The number of aliphatic hydroxyl groups excluding tert-OH is 1. The van der Waals surface area contributed by atoms with Gasteiger partial charge in [-0.15, -0.1) is 0 Å². The van der Waals surface area contributed by atoms with Gasteiger partial charge < -0.3 is 15.9 Å². The number of aliphatic hydroxyl groups is 2. The standard InChI is InChI=1S/C12H20N2O2/c1-3-12(16,4-2)10(15)8-9-6-5-7-14-11(9)13/h5-7,10,15-16H,3-4,8H2,1-2H3,(H2,13,14). The number of anilines is 1. The minimum absolute atomic E-state index is 0.331. The number of nitrogens with zero attached hydrogens (tertiary/aromatic N) is 1. The van der Waals surface area contributed by atoms with Crippen molar-refractivity contribution in [1.29, 1.82) is 0 Å². The molecule has 0 saturated heterocycles. The maximum atomic E-state index is 10.1. The topological polar surface area (TPSA) is 79.4 Å². The highest BCUT2D eigenvalue weighted by Gasteiger charge is 2.32. The molecule has 0 amide bonds. The van der Waals surface area contributed by atoms with Gasteiger partial charge in [-0.05, 0) is 24.5 Å². The average Bonchev–Trinajstić information content (AvgIpc) is 2.31. The van der Waals surface area contributed by atoms with E-state index < -0.39 is 11.7 Å². The minimum atomic E-state index is -1.04. The van der Waals surface area contributed by atoms with Gasteiger partial charge in [0.1, 0.15) is 5.82 Å². The zero-order chi connectivity index (χ0) is 12.2. The number of nitrogen functional groups attached to an aromatic ring is 1. The summed E-state index contributed by atoms with van der Waals surface area (Å²) in [5, 5.41) is 20.2. The Morgan fingerprint density at radius 1 is 1.44 bits per heavy atom. The molecule has 4 N–H and O–H groups in total. The lowest BCUT2D eigenvalue weighted by atomic mass is 9.87. The van der Waals surface area contributed by atoms with Gasteiger partial charge in [0.15, 0.2) is 0 Å². The van der Waals surface area contributed by atoms with Crippen LogP contribution in [0.25, 0.3) is 0 Å². The van der Waals surface area contributed by atoms with E-state index in [0.717, 1.165) is 5.56 Å². The summed E-state index contributed by atoms with van der Waals surface area (Å²) in [5.74, 6) is 0.413. The van der Waals surface area contributed by atoms with E-state index in [1.165, 1.54) is 0 Å². The van der Waals surface area contributed by atoms with Crippen molar-refractivity contribution < 1.29 is 10.2 Å². The van der Waals surface area contributed by atoms with Gasteiger partial charge in [0.05, 0.1) is 11.7 Å². The third kappa shape index (κ3) is 2.71. The molecule has 0 bridgehead atoms. The molecule has 1 atom stereocenters. The van der Waals surface area contributed by atoms with Crippen LogP contribution < -0.4 is 5.73 Å². The van der Waals surface area contributed by atoms with E-state index in [9.17, 15) is 10.2 Å². The summed E-state index contributed by atoms with van der Waals surface area (Å²) in [4.78, 5) is 3.95. The molecule has 0 aliphatic heterocycles. The van der Waals surface area contributed by atoms with Crippen molar-refractivity contribution in [3.05, 3.63) is 23.9 Å². The molecule has 90 valence electrons. The molecule has 0 aliphatic carbocycles. The van der Waals surface area contributed by atoms with Crippen molar-refractivity contribution in [3.8, 4) is 0 Å². The summed E-state index contributed by atoms with van der Waals surface area (Å²) in [6, 6.07) is 3.59. The first-order valence-corrected chi connectivity index (χ1v) is 5.63. The maximum Gasteiger partial charge on any atom is 0.126 e. The highest BCUT2D eigenvalue weighted by atomic mass is 16.3. The van der Waals surface area contributed by atoms with Crippen LogP contribution in [0.1, 0.15) is 32.3 Å². The van der Waals surface area contributed by atoms with Gasteiger partial charge in [-0.3, -0.25) is 0 Å². The molecule has 1 rings (SSSR count). The third-order valence-electron chi connectivity index (χ3n) is 3.18. The normalized spacial score (nSPS) is 13.8. The SMILES string of the molecule is CCC(O)(CC)C(O)Cc1cccnc1N. The van der Waals surface area contributed by atoms with Gasteiger partial charge in [0.25, 0.3) is 0 Å². The zero-order valence-corrected chi connectivity index (χ0v) is 9.85. The van der Waals surface area contributed by atoms with E-state index in [1.807, 2.05) is 19.9 Å². The fourth-order valence-corrected chi connectivity index (χ4v) is 1.74. The van der Waals surface area contributed by atoms with Crippen molar-refractivity contribution in [2.75, 3.05) is 5.73 Å². The van der Waals surface area contributed by atoms with Crippen LogP contribution >= 0.6 is 0 Å². The van der Waals surface area contributed by atoms with Crippen molar-refractivity contribution in [2.45, 2.75) is 44.8 Å². The Morgan fingerprint density at radius 2 is 2.06 bits per heavy atom. The van der Waals surface area contributed by atoms with Crippen LogP contribution in [0, 0.1) is 0 Å². The predicted octanol–water partition coefficient (Wildman–Crippen LogP) is 1.12. The summed E-state index contributed by atoms with van der Waals surface area (Å²) >= 11 is 0. The third-order valence-corrected chi connectivity index (χ3v) is 3.18. The molecule has 0 radical (unpaired) electrons. The Balaban J connectivity index is 2.78. The Bertz CT molecular complexity index is 338. The summed E-state index contributed by atoms with van der Waals surface area (Å²) in [7, 11) is 0. The maximum absolute atomic E-state index is 10.1. The molecule has 0 aliphatic rings. The van der Waals surface area contributed by atoms with Crippen LogP contribution in [0.15, 0.2) is 18.3 Å². The zero-order valence-electron chi connectivity index (χ0n) is 9.85. The van der Waals surface area contributed by atoms with E-state index in [2.05, 4.69) is 4.98 Å². The summed E-state index contributed by atoms with van der Waals surface area (Å²) in [6.07, 6.45) is 2.17. The second-order valence-electron chi connectivity index (χ2n) is 4.08. The molecule has 4 nitrogen and oxygen atoms in total. The second-order valence-corrected chi connectivity index (χ2v) is 4.08. The highest BCUT2D eigenvalue weighted by molar-refractivity contribution is 5.38. The van der Waals surface area contributed by atoms with Gasteiger partial charge >= 0.3 is 0 Å². The molecule has 1 aromatic heterocycles. The number of pyridine rings is 1. The van der Waals surface area contributed by atoms with Gasteiger partial charge in [-0.2, -0.15) is 0 Å². The highest BCUT2D eigenvalue weighted by Crippen LogP contribution is 2.23. The van der Waals surface area contributed by atoms with E-state index >= 15 is 0 Å². The van der Waals surface area contributed by atoms with E-state index in [-0.39, 0.29) is 0 Å². The van der Waals surface area contributed by atoms with E-state index in [1.54, 1.807) is 12.3 Å². The van der Waals surface area contributed by atoms with Crippen molar-refractivity contribution in [3.63, 3.8) is 0 Å². The monoisotopic (exact) mass is 224 g/mol. The fraction of sp³-hybridized carbons (Fsp3) is 0.583. The van der Waals surface area contributed by atoms with E-state index in [4.69, 9.17) is 5.73 Å². The Hall–Kier alpha value is -1.13. The van der Waals surface area contributed by atoms with Crippen LogP contribution in [-0.4, -0.2) is 26.9 Å². The number of hydrogen-bond acceptors (Lipinski definition) is 4. The number of rotatable bonds is 5. The first-order valence-electron chi connectivity index (χ1n) is 5.63. The molecule has 1 aromatic rings. The van der Waals surface area contributed by atoms with Crippen molar-refractivity contribution >= 4 is 5.82 Å². The quantitative estimate of drug-likeness (QED) is 0.700. The van der Waals surface area contributed by atoms with Crippen LogP contribution in [0.3, 0.4) is 0 Å². The van der Waals surface area contributed by atoms with Crippen LogP contribution in [-0.2, 0) is 6.42 Å². The first kappa shape index (κ1) is 12.9. The number of aromatic nitrogens is 1. The molecular weight excluding hydrogens is 204 g/mol. The molecule has 0 aromatic carbocycles. The molecule has 0 saturated carbocycles. The largest absolute Gasteiger partial charge is 0.390 e. The fourth-order valence-electron chi connectivity index (χ4n) is 1.74. The Kier molecular flexibility index (Phi) is 4.26. The first-order chi connectivity index (χ1) is 7.53. The van der Waals surface area contributed by atoms with E-state index in [0.29, 0.717) is 25.1 Å². The summed E-state index contributed by atoms with van der Waals surface area (Å²) in [5.41, 5.74) is 5.43. The lowest BCUT2D eigenvalue weighted by Gasteiger charge is -2.31. The molecule has 1 heterocycles. The lowest BCUT2D eigenvalue weighted by molar-refractivity contribution is -0.0789. The van der Waals surface area contributed by atoms with Crippen LogP contribution in [0.2, 0.25) is 0 Å². The van der Waals surface area contributed by atoms with Gasteiger partial charge in [-0.25, -0.2) is 4.98 Å². The second kappa shape index (κ2) is 5.27. The molecule has 0 fully saturated rings. The minimum Gasteiger partial charge on any atom is -0.390 e. The smallest absolute Gasteiger partial charge is 0.126 e. The van der Waals surface area contributed by atoms with Crippen molar-refractivity contribution in [1.82, 2.24) is 4.98 Å². The molecule has 4 heteroatoms.